The second-order valence-electron chi connectivity index (χ2n) is 3.31. The number of aliphatic hydroxyl groups excluding tert-OH is 1. The Morgan fingerprint density at radius 1 is 1.73 bits per heavy atom. The maximum Gasteiger partial charge on any atom is 0.301 e. The maximum absolute atomic E-state index is 11.0. The molecule has 2 rings (SSSR count). The average Bonchev–Trinajstić information content (AvgIpc) is 2.38. The molecule has 1 aliphatic rings. The van der Waals surface area contributed by atoms with E-state index in [-0.39, 0.29) is 31.0 Å². The molecule has 0 radical (unpaired) electrons. The van der Waals surface area contributed by atoms with Gasteiger partial charge in [-0.25, -0.2) is 0 Å². The standard InChI is InChI=1S/C9H12N2O4/c1-6-11-3-2-8(13)10-9(11)14-5-7(4-12)15-6/h2-3,6-7,12H,4-5H2,1H3. The quantitative estimate of drug-likeness (QED) is 0.681. The maximum atomic E-state index is 11.0. The second kappa shape index (κ2) is 4.00. The predicted molar refractivity (Wildman–Crippen MR) is 50.7 cm³/mol. The SMILES string of the molecule is CC1OC(CO)COc2nc(=O)ccn21. The smallest absolute Gasteiger partial charge is 0.301 e. The van der Waals surface area contributed by atoms with Crippen LogP contribution in [0.1, 0.15) is 13.2 Å². The molecule has 1 aromatic heterocycles. The van der Waals surface area contributed by atoms with Crippen molar-refractivity contribution in [1.82, 2.24) is 9.55 Å². The van der Waals surface area contributed by atoms with E-state index in [4.69, 9.17) is 14.6 Å². The minimum absolute atomic E-state index is 0.122. The van der Waals surface area contributed by atoms with Gasteiger partial charge in [0, 0.05) is 12.3 Å². The van der Waals surface area contributed by atoms with Crippen molar-refractivity contribution in [3.63, 3.8) is 0 Å². The van der Waals surface area contributed by atoms with E-state index >= 15 is 0 Å². The molecule has 0 amide bonds. The Labute approximate surface area is 86.1 Å². The first-order valence-corrected chi connectivity index (χ1v) is 4.69. The Balaban J connectivity index is 2.34. The second-order valence-corrected chi connectivity index (χ2v) is 3.31. The van der Waals surface area contributed by atoms with Crippen LogP contribution in [0, 0.1) is 0 Å². The zero-order chi connectivity index (χ0) is 10.8. The lowest BCUT2D eigenvalue weighted by Gasteiger charge is -2.16. The summed E-state index contributed by atoms with van der Waals surface area (Å²) in [5.74, 6) is 0. The zero-order valence-electron chi connectivity index (χ0n) is 8.29. The molecule has 0 bridgehead atoms. The van der Waals surface area contributed by atoms with Crippen LogP contribution >= 0.6 is 0 Å². The van der Waals surface area contributed by atoms with Crippen molar-refractivity contribution in [1.29, 1.82) is 0 Å². The topological polar surface area (TPSA) is 73.6 Å². The molecule has 1 N–H and O–H groups in total. The molecule has 2 atom stereocenters. The molecule has 0 aromatic carbocycles. The van der Waals surface area contributed by atoms with Gasteiger partial charge in [0.1, 0.15) is 18.9 Å². The van der Waals surface area contributed by atoms with Crippen molar-refractivity contribution in [2.24, 2.45) is 0 Å². The molecular formula is C9H12N2O4. The van der Waals surface area contributed by atoms with E-state index in [0.29, 0.717) is 0 Å². The van der Waals surface area contributed by atoms with Crippen molar-refractivity contribution >= 4 is 0 Å². The number of hydrogen-bond acceptors (Lipinski definition) is 5. The lowest BCUT2D eigenvalue weighted by atomic mass is 10.4. The number of ether oxygens (including phenoxy) is 2. The lowest BCUT2D eigenvalue weighted by molar-refractivity contribution is -0.0639. The molecule has 2 unspecified atom stereocenters. The van der Waals surface area contributed by atoms with Crippen molar-refractivity contribution < 1.29 is 14.6 Å². The van der Waals surface area contributed by atoms with Gasteiger partial charge in [0.25, 0.3) is 5.56 Å². The summed E-state index contributed by atoms with van der Waals surface area (Å²) < 4.78 is 12.4. The highest BCUT2D eigenvalue weighted by molar-refractivity contribution is 5.01. The van der Waals surface area contributed by atoms with E-state index < -0.39 is 6.10 Å². The summed E-state index contributed by atoms with van der Waals surface area (Å²) in [7, 11) is 0. The Hall–Kier alpha value is -1.40. The number of rotatable bonds is 1. The van der Waals surface area contributed by atoms with E-state index in [1.807, 2.05) is 0 Å². The summed E-state index contributed by atoms with van der Waals surface area (Å²) in [5, 5.41) is 8.97. The first-order chi connectivity index (χ1) is 7.20. The summed E-state index contributed by atoms with van der Waals surface area (Å²) in [6, 6.07) is 1.57. The van der Waals surface area contributed by atoms with Crippen LogP contribution in [0.4, 0.5) is 0 Å². The van der Waals surface area contributed by atoms with Crippen LogP contribution in [0.25, 0.3) is 0 Å². The van der Waals surface area contributed by atoms with Gasteiger partial charge in [0.15, 0.2) is 0 Å². The minimum atomic E-state index is -0.392. The zero-order valence-corrected chi connectivity index (χ0v) is 8.29. The number of nitrogens with zero attached hydrogens (tertiary/aromatic N) is 2. The van der Waals surface area contributed by atoms with Crippen LogP contribution in [-0.2, 0) is 4.74 Å². The monoisotopic (exact) mass is 212 g/mol. The molecule has 0 saturated carbocycles. The Morgan fingerprint density at radius 3 is 3.27 bits per heavy atom. The van der Waals surface area contributed by atoms with E-state index in [1.165, 1.54) is 6.07 Å². The predicted octanol–water partition coefficient (Wildman–Crippen LogP) is -0.468. The summed E-state index contributed by atoms with van der Waals surface area (Å²) in [6.45, 7) is 1.87. The summed E-state index contributed by atoms with van der Waals surface area (Å²) in [5.41, 5.74) is -0.351. The van der Waals surface area contributed by atoms with E-state index in [1.54, 1.807) is 17.7 Å². The van der Waals surface area contributed by atoms with Gasteiger partial charge < -0.3 is 14.6 Å². The molecule has 0 fully saturated rings. The Kier molecular flexibility index (Phi) is 2.70. The van der Waals surface area contributed by atoms with E-state index in [0.717, 1.165) is 0 Å². The molecule has 0 saturated heterocycles. The van der Waals surface area contributed by atoms with Crippen LogP contribution in [0.3, 0.4) is 0 Å². The van der Waals surface area contributed by atoms with Crippen molar-refractivity contribution in [2.45, 2.75) is 19.3 Å². The van der Waals surface area contributed by atoms with Gasteiger partial charge >= 0.3 is 6.01 Å². The van der Waals surface area contributed by atoms with Crippen molar-refractivity contribution in [3.05, 3.63) is 22.6 Å². The van der Waals surface area contributed by atoms with Crippen LogP contribution in [-0.4, -0.2) is 34.0 Å². The number of aromatic nitrogens is 2. The third-order valence-corrected chi connectivity index (χ3v) is 2.19. The molecule has 15 heavy (non-hydrogen) atoms. The average molecular weight is 212 g/mol. The van der Waals surface area contributed by atoms with Gasteiger partial charge in [-0.1, -0.05) is 0 Å². The molecule has 1 aromatic rings. The summed E-state index contributed by atoms with van der Waals surface area (Å²) in [4.78, 5) is 14.7. The van der Waals surface area contributed by atoms with E-state index in [9.17, 15) is 4.79 Å². The fourth-order valence-corrected chi connectivity index (χ4v) is 1.43. The summed E-state index contributed by atoms with van der Waals surface area (Å²) >= 11 is 0. The number of hydrogen-bond donors (Lipinski definition) is 1. The van der Waals surface area contributed by atoms with Crippen LogP contribution in [0.5, 0.6) is 6.01 Å². The number of fused-ring (bicyclic) bond motifs is 1. The van der Waals surface area contributed by atoms with Crippen LogP contribution < -0.4 is 10.3 Å². The third kappa shape index (κ3) is 2.00. The van der Waals surface area contributed by atoms with E-state index in [2.05, 4.69) is 4.98 Å². The molecular weight excluding hydrogens is 200 g/mol. The molecule has 0 aliphatic carbocycles. The largest absolute Gasteiger partial charge is 0.462 e. The molecule has 2 heterocycles. The molecule has 1 aliphatic heterocycles. The van der Waals surface area contributed by atoms with Crippen molar-refractivity contribution in [3.8, 4) is 6.01 Å². The summed E-state index contributed by atoms with van der Waals surface area (Å²) in [6.07, 6.45) is 0.860. The normalized spacial score (nSPS) is 25.2. The minimum Gasteiger partial charge on any atom is -0.462 e. The fraction of sp³-hybridized carbons (Fsp3) is 0.556. The van der Waals surface area contributed by atoms with Gasteiger partial charge in [-0.3, -0.25) is 9.36 Å². The van der Waals surface area contributed by atoms with Crippen LogP contribution in [0.2, 0.25) is 0 Å². The van der Waals surface area contributed by atoms with Gasteiger partial charge in [0.05, 0.1) is 6.61 Å². The highest BCUT2D eigenvalue weighted by Gasteiger charge is 2.22. The Bertz CT molecular complexity index is 403. The molecule has 6 nitrogen and oxygen atoms in total. The van der Waals surface area contributed by atoms with Gasteiger partial charge in [-0.05, 0) is 6.92 Å². The number of aliphatic hydroxyl groups is 1. The third-order valence-electron chi connectivity index (χ3n) is 2.19. The fourth-order valence-electron chi connectivity index (χ4n) is 1.43. The Morgan fingerprint density at radius 2 is 2.53 bits per heavy atom. The van der Waals surface area contributed by atoms with Gasteiger partial charge in [0.2, 0.25) is 0 Å². The highest BCUT2D eigenvalue weighted by Crippen LogP contribution is 2.20. The molecule has 82 valence electrons. The first-order valence-electron chi connectivity index (χ1n) is 4.69. The van der Waals surface area contributed by atoms with Gasteiger partial charge in [-0.15, -0.1) is 0 Å². The highest BCUT2D eigenvalue weighted by atomic mass is 16.6. The molecule has 6 heteroatoms. The van der Waals surface area contributed by atoms with Crippen LogP contribution in [0.15, 0.2) is 17.1 Å². The van der Waals surface area contributed by atoms with Crippen molar-refractivity contribution in [2.75, 3.05) is 13.2 Å². The van der Waals surface area contributed by atoms with Gasteiger partial charge in [-0.2, -0.15) is 4.98 Å². The first kappa shape index (κ1) is 10.1. The molecule has 0 spiro atoms. The lowest BCUT2D eigenvalue weighted by Crippen LogP contribution is -2.24.